The largest absolute Gasteiger partial charge is 0.370 e. The van der Waals surface area contributed by atoms with Crippen LogP contribution in [0, 0.1) is 0 Å². The maximum Gasteiger partial charge on any atom is 0.245 e. The first kappa shape index (κ1) is 24.7. The molecule has 2 aromatic carbocycles. The lowest BCUT2D eigenvalue weighted by molar-refractivity contribution is -0.117. The molecule has 2 aliphatic rings. The Morgan fingerprint density at radius 2 is 1.62 bits per heavy atom. The Morgan fingerprint density at radius 3 is 2.38 bits per heavy atom. The summed E-state index contributed by atoms with van der Waals surface area (Å²) in [5.41, 5.74) is 1.56. The molecular formula is C26H36N4O3S. The summed E-state index contributed by atoms with van der Waals surface area (Å²) in [7, 11) is -2.03. The fourth-order valence-electron chi connectivity index (χ4n) is 5.01. The Labute approximate surface area is 203 Å². The summed E-state index contributed by atoms with van der Waals surface area (Å²) in [6, 6.07) is 17.1. The van der Waals surface area contributed by atoms with Crippen molar-refractivity contribution in [2.45, 2.75) is 49.5 Å². The summed E-state index contributed by atoms with van der Waals surface area (Å²) < 4.78 is 28.3. The van der Waals surface area contributed by atoms with Crippen LogP contribution in [0.3, 0.4) is 0 Å². The van der Waals surface area contributed by atoms with E-state index in [0.29, 0.717) is 5.69 Å². The highest BCUT2D eigenvalue weighted by molar-refractivity contribution is 7.89. The molecule has 1 aliphatic heterocycles. The van der Waals surface area contributed by atoms with E-state index in [2.05, 4.69) is 27.2 Å². The van der Waals surface area contributed by atoms with Gasteiger partial charge in [0.15, 0.2) is 0 Å². The number of sulfonamides is 1. The van der Waals surface area contributed by atoms with E-state index in [1.165, 1.54) is 9.99 Å². The number of rotatable bonds is 7. The molecule has 0 radical (unpaired) electrons. The maximum absolute atomic E-state index is 13.4. The van der Waals surface area contributed by atoms with E-state index in [-0.39, 0.29) is 23.4 Å². The van der Waals surface area contributed by atoms with Crippen LogP contribution in [-0.4, -0.2) is 69.3 Å². The van der Waals surface area contributed by atoms with Crippen LogP contribution in [-0.2, 0) is 14.8 Å². The van der Waals surface area contributed by atoms with Gasteiger partial charge in [0.05, 0.1) is 12.2 Å². The van der Waals surface area contributed by atoms with Gasteiger partial charge in [-0.2, -0.15) is 4.31 Å². The molecule has 1 heterocycles. The molecular weight excluding hydrogens is 448 g/mol. The lowest BCUT2D eigenvalue weighted by Gasteiger charge is -2.31. The number of anilines is 2. The minimum absolute atomic E-state index is 0.0205. The number of amides is 1. The number of carbonyl (C=O) groups excluding carboxylic acids is 1. The Kier molecular flexibility index (Phi) is 8.24. The van der Waals surface area contributed by atoms with Gasteiger partial charge in [-0.1, -0.05) is 49.6 Å². The zero-order chi connectivity index (χ0) is 24.0. The van der Waals surface area contributed by atoms with Crippen molar-refractivity contribution in [1.82, 2.24) is 9.21 Å². The van der Waals surface area contributed by atoms with Gasteiger partial charge in [-0.05, 0) is 43.5 Å². The van der Waals surface area contributed by atoms with Gasteiger partial charge >= 0.3 is 0 Å². The molecule has 1 N–H and O–H groups in total. The quantitative estimate of drug-likeness (QED) is 0.647. The zero-order valence-electron chi connectivity index (χ0n) is 20.0. The lowest BCUT2D eigenvalue weighted by atomic mass is 9.96. The van der Waals surface area contributed by atoms with Crippen LogP contribution in [0.25, 0.3) is 0 Å². The molecule has 4 rings (SSSR count). The van der Waals surface area contributed by atoms with E-state index in [0.717, 1.165) is 64.7 Å². The summed E-state index contributed by atoms with van der Waals surface area (Å²) in [5.74, 6) is -0.184. The van der Waals surface area contributed by atoms with Crippen molar-refractivity contribution in [2.75, 3.05) is 50.0 Å². The molecule has 0 unspecified atom stereocenters. The fourth-order valence-corrected chi connectivity index (χ4v) is 6.57. The molecule has 2 aromatic rings. The average Bonchev–Trinajstić information content (AvgIpc) is 3.10. The van der Waals surface area contributed by atoms with Crippen LogP contribution in [0.1, 0.15) is 38.5 Å². The standard InChI is InChI=1S/C26H36N4O3S/c1-28(22-11-4-2-5-12-22)34(32,33)25-16-9-8-15-24(25)27-26(31)21-29-17-10-18-30(20-19-29)23-13-6-3-7-14-23/h3,6-9,13-16,22H,2,4-5,10-12,17-21H2,1H3,(H,27,31). The molecule has 0 aromatic heterocycles. The van der Waals surface area contributed by atoms with E-state index in [1.807, 2.05) is 18.2 Å². The second kappa shape index (κ2) is 11.3. The minimum atomic E-state index is -3.69. The van der Waals surface area contributed by atoms with Crippen LogP contribution in [0.15, 0.2) is 59.5 Å². The summed E-state index contributed by atoms with van der Waals surface area (Å²) in [4.78, 5) is 17.6. The van der Waals surface area contributed by atoms with Gasteiger partial charge in [-0.3, -0.25) is 9.69 Å². The molecule has 184 valence electrons. The molecule has 0 bridgehead atoms. The summed E-state index contributed by atoms with van der Waals surface area (Å²) in [6.45, 7) is 3.68. The molecule has 1 saturated heterocycles. The maximum atomic E-state index is 13.4. The Balaban J connectivity index is 1.39. The molecule has 1 saturated carbocycles. The van der Waals surface area contributed by atoms with Crippen molar-refractivity contribution in [3.8, 4) is 0 Å². The SMILES string of the molecule is CN(C1CCCCC1)S(=O)(=O)c1ccccc1NC(=O)CN1CCCN(c2ccccc2)CC1. The first-order valence-electron chi connectivity index (χ1n) is 12.3. The van der Waals surface area contributed by atoms with Crippen LogP contribution >= 0.6 is 0 Å². The number of hydrogen-bond donors (Lipinski definition) is 1. The summed E-state index contributed by atoms with van der Waals surface area (Å²) in [5, 5.41) is 2.89. The molecule has 8 heteroatoms. The Hall–Kier alpha value is -2.42. The normalized spacial score (nSPS) is 18.6. The third-order valence-electron chi connectivity index (χ3n) is 6.98. The van der Waals surface area contributed by atoms with E-state index < -0.39 is 10.0 Å². The molecule has 34 heavy (non-hydrogen) atoms. The number of nitrogens with one attached hydrogen (secondary N) is 1. The van der Waals surface area contributed by atoms with E-state index in [4.69, 9.17) is 0 Å². The van der Waals surface area contributed by atoms with Crippen molar-refractivity contribution < 1.29 is 13.2 Å². The van der Waals surface area contributed by atoms with Gasteiger partial charge in [0.25, 0.3) is 0 Å². The highest BCUT2D eigenvalue weighted by Crippen LogP contribution is 2.29. The van der Waals surface area contributed by atoms with Crippen molar-refractivity contribution in [3.05, 3.63) is 54.6 Å². The third kappa shape index (κ3) is 5.98. The molecule has 1 amide bonds. The van der Waals surface area contributed by atoms with Crippen molar-refractivity contribution in [1.29, 1.82) is 0 Å². The second-order valence-electron chi connectivity index (χ2n) is 9.31. The van der Waals surface area contributed by atoms with Crippen LogP contribution in [0.2, 0.25) is 0 Å². The van der Waals surface area contributed by atoms with Crippen molar-refractivity contribution in [2.24, 2.45) is 0 Å². The van der Waals surface area contributed by atoms with E-state index in [9.17, 15) is 13.2 Å². The number of hydrogen-bond acceptors (Lipinski definition) is 5. The zero-order valence-corrected chi connectivity index (χ0v) is 20.8. The van der Waals surface area contributed by atoms with Gasteiger partial charge < -0.3 is 10.2 Å². The monoisotopic (exact) mass is 484 g/mol. The number of benzene rings is 2. The average molecular weight is 485 g/mol. The molecule has 1 aliphatic carbocycles. The smallest absolute Gasteiger partial charge is 0.245 e. The van der Waals surface area contributed by atoms with Crippen LogP contribution in [0.4, 0.5) is 11.4 Å². The van der Waals surface area contributed by atoms with Gasteiger partial charge in [-0.15, -0.1) is 0 Å². The molecule has 2 fully saturated rings. The second-order valence-corrected chi connectivity index (χ2v) is 11.3. The highest BCUT2D eigenvalue weighted by atomic mass is 32.2. The minimum Gasteiger partial charge on any atom is -0.370 e. The van der Waals surface area contributed by atoms with Gasteiger partial charge in [0.1, 0.15) is 4.90 Å². The topological polar surface area (TPSA) is 73.0 Å². The molecule has 0 atom stereocenters. The van der Waals surface area contributed by atoms with Gasteiger partial charge in [0.2, 0.25) is 15.9 Å². The Morgan fingerprint density at radius 1 is 0.912 bits per heavy atom. The number of carbonyl (C=O) groups is 1. The first-order valence-corrected chi connectivity index (χ1v) is 13.8. The highest BCUT2D eigenvalue weighted by Gasteiger charge is 2.31. The van der Waals surface area contributed by atoms with Gasteiger partial charge in [-0.25, -0.2) is 8.42 Å². The third-order valence-corrected chi connectivity index (χ3v) is 8.95. The predicted octanol–water partition coefficient (Wildman–Crippen LogP) is 3.79. The fraction of sp³-hybridized carbons (Fsp3) is 0.500. The summed E-state index contributed by atoms with van der Waals surface area (Å²) >= 11 is 0. The first-order chi connectivity index (χ1) is 16.4. The van der Waals surface area contributed by atoms with Crippen molar-refractivity contribution >= 4 is 27.3 Å². The van der Waals surface area contributed by atoms with E-state index in [1.54, 1.807) is 31.3 Å². The molecule has 0 spiro atoms. The Bertz CT molecular complexity index is 1050. The lowest BCUT2D eigenvalue weighted by Crippen LogP contribution is -2.39. The summed E-state index contributed by atoms with van der Waals surface area (Å²) in [6.07, 6.45) is 6.02. The molecule has 7 nitrogen and oxygen atoms in total. The van der Waals surface area contributed by atoms with Crippen LogP contribution in [0.5, 0.6) is 0 Å². The van der Waals surface area contributed by atoms with Crippen LogP contribution < -0.4 is 10.2 Å². The van der Waals surface area contributed by atoms with Gasteiger partial charge in [0, 0.05) is 45.0 Å². The number of para-hydroxylation sites is 2. The van der Waals surface area contributed by atoms with Crippen molar-refractivity contribution in [3.63, 3.8) is 0 Å². The van der Waals surface area contributed by atoms with E-state index >= 15 is 0 Å². The number of nitrogens with zero attached hydrogens (tertiary/aromatic N) is 3. The predicted molar refractivity (Wildman–Crippen MR) is 137 cm³/mol.